The fraction of sp³-hybridized carbons (Fsp3) is 0.273. The van der Waals surface area contributed by atoms with Crippen molar-refractivity contribution in [2.24, 2.45) is 0 Å². The van der Waals surface area contributed by atoms with Gasteiger partial charge in [0.2, 0.25) is 11.6 Å². The SMILES string of the molecule is CC1=C(C(=O)C(=O)c2csc(Br)c2)CC(Br)S1. The fourth-order valence-corrected chi connectivity index (χ4v) is 4.81. The molecule has 1 aliphatic heterocycles. The minimum atomic E-state index is -0.413. The Morgan fingerprint density at radius 3 is 2.59 bits per heavy atom. The van der Waals surface area contributed by atoms with Crippen LogP contribution in [0.15, 0.2) is 25.7 Å². The quantitative estimate of drug-likeness (QED) is 0.432. The zero-order valence-corrected chi connectivity index (χ0v) is 13.6. The van der Waals surface area contributed by atoms with Gasteiger partial charge in [-0.1, -0.05) is 15.9 Å². The van der Waals surface area contributed by atoms with Gasteiger partial charge in [0.15, 0.2) is 0 Å². The molecule has 1 aliphatic rings. The van der Waals surface area contributed by atoms with E-state index in [4.69, 9.17) is 0 Å². The average molecular weight is 396 g/mol. The number of carbonyl (C=O) groups excluding carboxylic acids is 2. The standard InChI is InChI=1S/C11H8Br2O2S2/c1-5-7(3-9(13)17-5)11(15)10(14)6-2-8(12)16-4-6/h2,4,9H,3H2,1H3. The van der Waals surface area contributed by atoms with Crippen molar-refractivity contribution in [3.05, 3.63) is 31.3 Å². The highest BCUT2D eigenvalue weighted by Gasteiger charge is 2.29. The number of alkyl halides is 1. The van der Waals surface area contributed by atoms with E-state index >= 15 is 0 Å². The number of carbonyl (C=O) groups is 2. The van der Waals surface area contributed by atoms with Gasteiger partial charge in [0.1, 0.15) is 0 Å². The molecule has 0 radical (unpaired) electrons. The van der Waals surface area contributed by atoms with Gasteiger partial charge in [0.05, 0.1) is 7.95 Å². The number of ketones is 2. The monoisotopic (exact) mass is 394 g/mol. The molecule has 1 atom stereocenters. The molecule has 0 saturated carbocycles. The molecule has 2 heterocycles. The predicted molar refractivity (Wildman–Crippen MR) is 79.0 cm³/mol. The molecule has 0 amide bonds. The number of hydrogen-bond acceptors (Lipinski definition) is 4. The van der Waals surface area contributed by atoms with Gasteiger partial charge in [-0.05, 0) is 40.2 Å². The van der Waals surface area contributed by atoms with Crippen LogP contribution in [0.4, 0.5) is 0 Å². The van der Waals surface area contributed by atoms with Crippen LogP contribution < -0.4 is 0 Å². The Balaban J connectivity index is 2.22. The maximum absolute atomic E-state index is 12.1. The van der Waals surface area contributed by atoms with Crippen LogP contribution in [0.3, 0.4) is 0 Å². The lowest BCUT2D eigenvalue weighted by molar-refractivity contribution is -0.111. The molecule has 0 aromatic carbocycles. The first-order valence-electron chi connectivity index (χ1n) is 4.82. The van der Waals surface area contributed by atoms with Crippen molar-refractivity contribution in [3.63, 3.8) is 0 Å². The first kappa shape index (κ1) is 13.5. The van der Waals surface area contributed by atoms with E-state index in [0.29, 0.717) is 17.6 Å². The number of allylic oxidation sites excluding steroid dienone is 2. The van der Waals surface area contributed by atoms with Crippen LogP contribution in [0.25, 0.3) is 0 Å². The third kappa shape index (κ3) is 2.92. The minimum absolute atomic E-state index is 0.212. The maximum atomic E-state index is 12.1. The summed E-state index contributed by atoms with van der Waals surface area (Å²) in [5, 5.41) is 1.70. The van der Waals surface area contributed by atoms with Crippen molar-refractivity contribution in [2.45, 2.75) is 17.5 Å². The molecule has 17 heavy (non-hydrogen) atoms. The molecule has 0 aliphatic carbocycles. The Kier molecular flexibility index (Phi) is 4.28. The Morgan fingerprint density at radius 1 is 1.41 bits per heavy atom. The molecular weight excluding hydrogens is 388 g/mol. The molecule has 1 unspecified atom stereocenters. The molecule has 0 N–H and O–H groups in total. The lowest BCUT2D eigenvalue weighted by Gasteiger charge is -2.00. The third-order valence-corrected chi connectivity index (χ3v) is 5.82. The number of thioether (sulfide) groups is 1. The number of thiophene rings is 1. The van der Waals surface area contributed by atoms with Crippen LogP contribution >= 0.6 is 55.0 Å². The van der Waals surface area contributed by atoms with E-state index in [1.807, 2.05) is 6.92 Å². The third-order valence-electron chi connectivity index (χ3n) is 2.40. The molecule has 0 fully saturated rings. The van der Waals surface area contributed by atoms with E-state index in [0.717, 1.165) is 8.69 Å². The zero-order chi connectivity index (χ0) is 12.6. The van der Waals surface area contributed by atoms with Crippen LogP contribution in [0, 0.1) is 0 Å². The molecule has 2 nitrogen and oxygen atoms in total. The van der Waals surface area contributed by atoms with E-state index in [9.17, 15) is 9.59 Å². The van der Waals surface area contributed by atoms with Crippen LogP contribution in [0.2, 0.25) is 0 Å². The molecule has 0 bridgehead atoms. The number of halogens is 2. The summed E-state index contributed by atoms with van der Waals surface area (Å²) in [6.45, 7) is 1.88. The molecule has 1 aromatic heterocycles. The first-order valence-corrected chi connectivity index (χ1v) is 8.29. The smallest absolute Gasteiger partial charge is 0.234 e. The van der Waals surface area contributed by atoms with Gasteiger partial charge < -0.3 is 0 Å². The number of hydrogen-bond donors (Lipinski definition) is 0. The van der Waals surface area contributed by atoms with Crippen LogP contribution in [0.1, 0.15) is 23.7 Å². The van der Waals surface area contributed by atoms with Gasteiger partial charge in [-0.2, -0.15) is 0 Å². The Bertz CT molecular complexity index is 519. The van der Waals surface area contributed by atoms with E-state index in [2.05, 4.69) is 31.9 Å². The summed E-state index contributed by atoms with van der Waals surface area (Å²) < 4.78 is 1.07. The van der Waals surface area contributed by atoms with Crippen LogP contribution in [0.5, 0.6) is 0 Å². The summed E-state index contributed by atoms with van der Waals surface area (Å²) in [5.74, 6) is -0.786. The van der Waals surface area contributed by atoms with Crippen LogP contribution in [-0.2, 0) is 4.79 Å². The zero-order valence-electron chi connectivity index (χ0n) is 8.83. The van der Waals surface area contributed by atoms with E-state index < -0.39 is 5.78 Å². The summed E-state index contributed by atoms with van der Waals surface area (Å²) in [5.41, 5.74) is 1.11. The van der Waals surface area contributed by atoms with Crippen LogP contribution in [-0.4, -0.2) is 15.7 Å². The van der Waals surface area contributed by atoms with E-state index in [1.165, 1.54) is 11.3 Å². The van der Waals surface area contributed by atoms with E-state index in [1.54, 1.807) is 23.2 Å². The second-order valence-electron chi connectivity index (χ2n) is 3.56. The van der Waals surface area contributed by atoms with Gasteiger partial charge in [-0.15, -0.1) is 23.1 Å². The molecule has 6 heteroatoms. The second-order valence-corrected chi connectivity index (χ2v) is 8.98. The normalized spacial score (nSPS) is 19.8. The van der Waals surface area contributed by atoms with Crippen molar-refractivity contribution in [1.29, 1.82) is 0 Å². The molecule has 1 aromatic rings. The minimum Gasteiger partial charge on any atom is -0.285 e. The topological polar surface area (TPSA) is 34.1 Å². The molecule has 2 rings (SSSR count). The molecular formula is C11H8Br2O2S2. The second kappa shape index (κ2) is 5.38. The molecule has 0 spiro atoms. The van der Waals surface area contributed by atoms with Gasteiger partial charge in [0, 0.05) is 16.5 Å². The lowest BCUT2D eigenvalue weighted by Crippen LogP contribution is -2.16. The maximum Gasteiger partial charge on any atom is 0.234 e. The largest absolute Gasteiger partial charge is 0.285 e. The van der Waals surface area contributed by atoms with Crippen molar-refractivity contribution in [1.82, 2.24) is 0 Å². The highest BCUT2D eigenvalue weighted by molar-refractivity contribution is 9.11. The van der Waals surface area contributed by atoms with Crippen molar-refractivity contribution in [2.75, 3.05) is 0 Å². The summed E-state index contributed by atoms with van der Waals surface area (Å²) in [6.07, 6.45) is 0.617. The molecule has 90 valence electrons. The summed E-state index contributed by atoms with van der Waals surface area (Å²) in [4.78, 5) is 25.0. The summed E-state index contributed by atoms with van der Waals surface area (Å²) in [6, 6.07) is 1.69. The predicted octanol–water partition coefficient (Wildman–Crippen LogP) is 4.39. The number of rotatable bonds is 3. The Morgan fingerprint density at radius 2 is 2.12 bits per heavy atom. The van der Waals surface area contributed by atoms with Crippen molar-refractivity contribution >= 4 is 66.5 Å². The number of Topliss-reactive ketones (excluding diaryl/α,β-unsaturated/α-hetero) is 2. The highest BCUT2D eigenvalue weighted by Crippen LogP contribution is 2.41. The van der Waals surface area contributed by atoms with Crippen molar-refractivity contribution < 1.29 is 9.59 Å². The Labute approximate surface area is 124 Å². The summed E-state index contributed by atoms with van der Waals surface area (Å²) >= 11 is 9.73. The lowest BCUT2D eigenvalue weighted by atomic mass is 10.0. The molecule has 0 saturated heterocycles. The van der Waals surface area contributed by atoms with Crippen molar-refractivity contribution in [3.8, 4) is 0 Å². The first-order chi connectivity index (χ1) is 7.99. The Hall–Kier alpha value is 0.0900. The van der Waals surface area contributed by atoms with Gasteiger partial charge in [-0.3, -0.25) is 9.59 Å². The van der Waals surface area contributed by atoms with Gasteiger partial charge in [-0.25, -0.2) is 0 Å². The van der Waals surface area contributed by atoms with E-state index in [-0.39, 0.29) is 9.94 Å². The highest BCUT2D eigenvalue weighted by atomic mass is 79.9. The van der Waals surface area contributed by atoms with Gasteiger partial charge in [0.25, 0.3) is 0 Å². The van der Waals surface area contributed by atoms with Gasteiger partial charge >= 0.3 is 0 Å². The fourth-order valence-electron chi connectivity index (χ4n) is 1.56. The average Bonchev–Trinajstić information content (AvgIpc) is 2.83. The summed E-state index contributed by atoms with van der Waals surface area (Å²) in [7, 11) is 0.